The Kier molecular flexibility index (Phi) is 5.94. The van der Waals surface area contributed by atoms with Crippen LogP contribution in [0.2, 0.25) is 5.02 Å². The van der Waals surface area contributed by atoms with Gasteiger partial charge in [-0.3, -0.25) is 4.90 Å². The van der Waals surface area contributed by atoms with Crippen LogP contribution in [0, 0.1) is 0 Å². The first-order chi connectivity index (χ1) is 11.1. The third-order valence-corrected chi connectivity index (χ3v) is 5.31. The van der Waals surface area contributed by atoms with Crippen LogP contribution in [0.3, 0.4) is 0 Å². The molecule has 3 atom stereocenters. The second-order valence-corrected chi connectivity index (χ2v) is 7.21. The monoisotopic (exact) mass is 338 g/mol. The largest absolute Gasteiger partial charge is 0.391 e. The molecule has 0 aliphatic carbocycles. The first-order valence-corrected chi connectivity index (χ1v) is 9.02. The van der Waals surface area contributed by atoms with Gasteiger partial charge in [0.1, 0.15) is 0 Å². The SMILES string of the molecule is CC(O)C1CN(C2CCNCC2)C(Cc2ccc(Cl)cc2)CO1. The lowest BCUT2D eigenvalue weighted by Crippen LogP contribution is -2.58. The summed E-state index contributed by atoms with van der Waals surface area (Å²) in [5.74, 6) is 0. The summed E-state index contributed by atoms with van der Waals surface area (Å²) in [5, 5.41) is 14.1. The van der Waals surface area contributed by atoms with Crippen LogP contribution in [-0.4, -0.2) is 60.5 Å². The molecule has 1 aromatic rings. The minimum Gasteiger partial charge on any atom is -0.391 e. The highest BCUT2D eigenvalue weighted by molar-refractivity contribution is 6.30. The lowest BCUT2D eigenvalue weighted by Gasteiger charge is -2.46. The van der Waals surface area contributed by atoms with Gasteiger partial charge in [-0.05, 0) is 57.0 Å². The Morgan fingerprint density at radius 3 is 2.65 bits per heavy atom. The molecule has 128 valence electrons. The van der Waals surface area contributed by atoms with Crippen molar-refractivity contribution in [1.82, 2.24) is 10.2 Å². The van der Waals surface area contributed by atoms with Crippen LogP contribution in [0.5, 0.6) is 0 Å². The van der Waals surface area contributed by atoms with E-state index in [-0.39, 0.29) is 6.10 Å². The number of piperidine rings is 1. The van der Waals surface area contributed by atoms with E-state index in [1.165, 1.54) is 18.4 Å². The average Bonchev–Trinajstić information content (AvgIpc) is 2.58. The summed E-state index contributed by atoms with van der Waals surface area (Å²) < 4.78 is 5.94. The number of morpholine rings is 1. The predicted molar refractivity (Wildman–Crippen MR) is 93.0 cm³/mol. The van der Waals surface area contributed by atoms with E-state index >= 15 is 0 Å². The van der Waals surface area contributed by atoms with Gasteiger partial charge in [-0.15, -0.1) is 0 Å². The number of aliphatic hydroxyl groups excluding tert-OH is 1. The molecule has 0 aromatic heterocycles. The fraction of sp³-hybridized carbons (Fsp3) is 0.667. The zero-order valence-corrected chi connectivity index (χ0v) is 14.5. The van der Waals surface area contributed by atoms with E-state index < -0.39 is 6.10 Å². The summed E-state index contributed by atoms with van der Waals surface area (Å²) in [4.78, 5) is 2.58. The second-order valence-electron chi connectivity index (χ2n) is 6.77. The molecule has 0 amide bonds. The summed E-state index contributed by atoms with van der Waals surface area (Å²) in [6, 6.07) is 9.06. The molecule has 5 heteroatoms. The van der Waals surface area contributed by atoms with Crippen molar-refractivity contribution in [1.29, 1.82) is 0 Å². The maximum Gasteiger partial charge on any atom is 0.0958 e. The molecule has 0 saturated carbocycles. The Morgan fingerprint density at radius 1 is 1.30 bits per heavy atom. The number of rotatable bonds is 4. The maximum absolute atomic E-state index is 9.92. The molecule has 4 nitrogen and oxygen atoms in total. The molecule has 0 radical (unpaired) electrons. The molecule has 2 aliphatic heterocycles. The highest BCUT2D eigenvalue weighted by Gasteiger charge is 2.35. The lowest BCUT2D eigenvalue weighted by atomic mass is 9.96. The summed E-state index contributed by atoms with van der Waals surface area (Å²) in [7, 11) is 0. The molecular formula is C18H27ClN2O2. The number of aliphatic hydroxyl groups is 1. The third-order valence-electron chi connectivity index (χ3n) is 5.06. The van der Waals surface area contributed by atoms with E-state index in [4.69, 9.17) is 16.3 Å². The molecule has 0 bridgehead atoms. The fourth-order valence-electron chi connectivity index (χ4n) is 3.69. The van der Waals surface area contributed by atoms with E-state index in [2.05, 4.69) is 22.3 Å². The van der Waals surface area contributed by atoms with Crippen molar-refractivity contribution < 1.29 is 9.84 Å². The Hall–Kier alpha value is -0.650. The summed E-state index contributed by atoms with van der Waals surface area (Å²) in [6.07, 6.45) is 2.81. The maximum atomic E-state index is 9.92. The van der Waals surface area contributed by atoms with Crippen LogP contribution in [0.1, 0.15) is 25.3 Å². The van der Waals surface area contributed by atoms with Crippen molar-refractivity contribution in [3.8, 4) is 0 Å². The van der Waals surface area contributed by atoms with Crippen LogP contribution in [0.25, 0.3) is 0 Å². The molecule has 3 rings (SSSR count). The van der Waals surface area contributed by atoms with Crippen LogP contribution in [0.15, 0.2) is 24.3 Å². The molecule has 2 fully saturated rings. The van der Waals surface area contributed by atoms with E-state index in [9.17, 15) is 5.11 Å². The predicted octanol–water partition coefficient (Wildman–Crippen LogP) is 2.08. The van der Waals surface area contributed by atoms with E-state index in [1.54, 1.807) is 0 Å². The van der Waals surface area contributed by atoms with Crippen molar-refractivity contribution in [2.24, 2.45) is 0 Å². The topological polar surface area (TPSA) is 44.7 Å². The molecule has 2 saturated heterocycles. The van der Waals surface area contributed by atoms with Gasteiger partial charge in [0.15, 0.2) is 0 Å². The summed E-state index contributed by atoms with van der Waals surface area (Å²) >= 11 is 5.99. The molecule has 2 heterocycles. The first-order valence-electron chi connectivity index (χ1n) is 8.64. The summed E-state index contributed by atoms with van der Waals surface area (Å²) in [5.41, 5.74) is 1.29. The Labute approximate surface area is 143 Å². The van der Waals surface area contributed by atoms with Crippen molar-refractivity contribution in [2.75, 3.05) is 26.2 Å². The molecular weight excluding hydrogens is 312 g/mol. The van der Waals surface area contributed by atoms with Crippen molar-refractivity contribution in [3.05, 3.63) is 34.9 Å². The molecule has 23 heavy (non-hydrogen) atoms. The number of hydrogen-bond acceptors (Lipinski definition) is 4. The Balaban J connectivity index is 1.71. The standard InChI is InChI=1S/C18H27ClN2O2/c1-13(22)18-11-21(16-6-8-20-9-7-16)17(12-23-18)10-14-2-4-15(19)5-3-14/h2-5,13,16-18,20,22H,6-12H2,1H3. The molecule has 1 aromatic carbocycles. The van der Waals surface area contributed by atoms with Gasteiger partial charge in [0.05, 0.1) is 18.8 Å². The quantitative estimate of drug-likeness (QED) is 0.882. The molecule has 2 aliphatic rings. The van der Waals surface area contributed by atoms with Gasteiger partial charge in [-0.1, -0.05) is 23.7 Å². The van der Waals surface area contributed by atoms with E-state index in [0.29, 0.717) is 18.7 Å². The highest BCUT2D eigenvalue weighted by Crippen LogP contribution is 2.24. The van der Waals surface area contributed by atoms with Crippen LogP contribution < -0.4 is 5.32 Å². The highest BCUT2D eigenvalue weighted by atomic mass is 35.5. The number of benzene rings is 1. The first kappa shape index (κ1) is 17.2. The number of hydrogen-bond donors (Lipinski definition) is 2. The summed E-state index contributed by atoms with van der Waals surface area (Å²) in [6.45, 7) is 5.48. The van der Waals surface area contributed by atoms with Crippen molar-refractivity contribution in [2.45, 2.75) is 50.5 Å². The van der Waals surface area contributed by atoms with Crippen molar-refractivity contribution in [3.63, 3.8) is 0 Å². The molecule has 0 spiro atoms. The van der Waals surface area contributed by atoms with Gasteiger partial charge in [0.25, 0.3) is 0 Å². The fourth-order valence-corrected chi connectivity index (χ4v) is 3.81. The Morgan fingerprint density at radius 2 is 2.00 bits per heavy atom. The van der Waals surface area contributed by atoms with Gasteiger partial charge in [0.2, 0.25) is 0 Å². The number of ether oxygens (including phenoxy) is 1. The van der Waals surface area contributed by atoms with Crippen molar-refractivity contribution >= 4 is 11.6 Å². The van der Waals surface area contributed by atoms with E-state index in [1.807, 2.05) is 19.1 Å². The van der Waals surface area contributed by atoms with Gasteiger partial charge in [-0.2, -0.15) is 0 Å². The van der Waals surface area contributed by atoms with E-state index in [0.717, 1.165) is 31.1 Å². The third kappa shape index (κ3) is 4.46. The molecule has 2 N–H and O–H groups in total. The number of nitrogens with zero attached hydrogens (tertiary/aromatic N) is 1. The minimum absolute atomic E-state index is 0.0775. The zero-order valence-electron chi connectivity index (χ0n) is 13.7. The number of nitrogens with one attached hydrogen (secondary N) is 1. The second kappa shape index (κ2) is 7.95. The van der Waals surface area contributed by atoms with Gasteiger partial charge >= 0.3 is 0 Å². The van der Waals surface area contributed by atoms with Crippen LogP contribution in [0.4, 0.5) is 0 Å². The van der Waals surface area contributed by atoms with Gasteiger partial charge in [0, 0.05) is 23.7 Å². The zero-order chi connectivity index (χ0) is 16.2. The smallest absolute Gasteiger partial charge is 0.0958 e. The normalized spacial score (nSPS) is 28.7. The minimum atomic E-state index is -0.421. The number of halogens is 1. The van der Waals surface area contributed by atoms with Gasteiger partial charge in [-0.25, -0.2) is 0 Å². The van der Waals surface area contributed by atoms with Crippen LogP contribution >= 0.6 is 11.6 Å². The Bertz CT molecular complexity index is 488. The average molecular weight is 339 g/mol. The van der Waals surface area contributed by atoms with Crippen LogP contribution in [-0.2, 0) is 11.2 Å². The molecule has 3 unspecified atom stereocenters. The van der Waals surface area contributed by atoms with Gasteiger partial charge < -0.3 is 15.2 Å². The lowest BCUT2D eigenvalue weighted by molar-refractivity contribution is -0.120.